The van der Waals surface area contributed by atoms with Crippen LogP contribution in [0.25, 0.3) is 0 Å². The summed E-state index contributed by atoms with van der Waals surface area (Å²) in [6.07, 6.45) is 5.70. The predicted molar refractivity (Wildman–Crippen MR) is 86.6 cm³/mol. The normalized spacial score (nSPS) is 30.0. The number of rotatable bonds is 6. The van der Waals surface area contributed by atoms with Gasteiger partial charge in [0.15, 0.2) is 0 Å². The monoisotopic (exact) mass is 307 g/mol. The zero-order chi connectivity index (χ0) is 14.5. The Labute approximate surface area is 131 Å². The van der Waals surface area contributed by atoms with Crippen LogP contribution >= 0.6 is 11.3 Å². The zero-order valence-electron chi connectivity index (χ0n) is 12.6. The quantitative estimate of drug-likeness (QED) is 0.594. The van der Waals surface area contributed by atoms with Crippen molar-refractivity contribution in [2.45, 2.75) is 31.9 Å². The number of likely N-dealkylation sites (tertiary alicyclic amines) is 1. The molecule has 0 radical (unpaired) electrons. The molecule has 2 atom stereocenters. The van der Waals surface area contributed by atoms with E-state index in [1.165, 1.54) is 12.0 Å². The second-order valence-corrected chi connectivity index (χ2v) is 7.04. The first-order chi connectivity index (χ1) is 10.3. The molecule has 21 heavy (non-hydrogen) atoms. The van der Waals surface area contributed by atoms with E-state index in [1.807, 2.05) is 6.08 Å². The van der Waals surface area contributed by atoms with E-state index >= 15 is 0 Å². The zero-order valence-corrected chi connectivity index (χ0v) is 13.4. The van der Waals surface area contributed by atoms with Crippen LogP contribution in [0.4, 0.5) is 0 Å². The molecule has 0 aromatic carbocycles. The molecule has 0 bridgehead atoms. The van der Waals surface area contributed by atoms with Gasteiger partial charge >= 0.3 is 0 Å². The molecule has 0 spiro atoms. The Kier molecular flexibility index (Phi) is 5.11. The lowest BCUT2D eigenvalue weighted by molar-refractivity contribution is -0.152. The highest BCUT2D eigenvalue weighted by Gasteiger charge is 2.46. The SMILES string of the molecule is C=CCOC[C@]12CCCO[C@H]1CCN(Cc1ccsc1)C2. The van der Waals surface area contributed by atoms with E-state index in [2.05, 4.69) is 28.3 Å². The molecule has 2 fully saturated rings. The Balaban J connectivity index is 1.66. The maximum absolute atomic E-state index is 6.07. The Bertz CT molecular complexity index is 448. The topological polar surface area (TPSA) is 21.7 Å². The van der Waals surface area contributed by atoms with Crippen molar-refractivity contribution in [3.05, 3.63) is 35.0 Å². The van der Waals surface area contributed by atoms with Crippen LogP contribution in [0.2, 0.25) is 0 Å². The van der Waals surface area contributed by atoms with E-state index in [4.69, 9.17) is 9.47 Å². The smallest absolute Gasteiger partial charge is 0.0677 e. The van der Waals surface area contributed by atoms with Gasteiger partial charge in [-0.25, -0.2) is 0 Å². The van der Waals surface area contributed by atoms with Crippen LogP contribution in [0.5, 0.6) is 0 Å². The molecular weight excluding hydrogens is 282 g/mol. The summed E-state index contributed by atoms with van der Waals surface area (Å²) in [4.78, 5) is 2.57. The maximum Gasteiger partial charge on any atom is 0.0677 e. The fraction of sp³-hybridized carbons (Fsp3) is 0.647. The number of hydrogen-bond acceptors (Lipinski definition) is 4. The Morgan fingerprint density at radius 1 is 1.57 bits per heavy atom. The molecule has 3 rings (SSSR count). The third-order valence-corrected chi connectivity index (χ3v) is 5.41. The molecule has 2 saturated heterocycles. The number of ether oxygens (including phenoxy) is 2. The standard InChI is InChI=1S/C17H25NO2S/c1-2-8-19-14-17-6-3-9-20-16(17)4-7-18(13-17)11-15-5-10-21-12-15/h2,5,10,12,16H,1,3-4,6-9,11,13-14H2/t16-,17+/m0/s1. The molecule has 0 N–H and O–H groups in total. The van der Waals surface area contributed by atoms with Crippen molar-refractivity contribution in [1.82, 2.24) is 4.90 Å². The Hall–Kier alpha value is -0.680. The van der Waals surface area contributed by atoms with Crippen LogP contribution in [-0.2, 0) is 16.0 Å². The molecule has 2 aliphatic heterocycles. The molecule has 3 nitrogen and oxygen atoms in total. The summed E-state index contributed by atoms with van der Waals surface area (Å²) in [6, 6.07) is 2.23. The molecule has 116 valence electrons. The van der Waals surface area contributed by atoms with Crippen LogP contribution in [0.3, 0.4) is 0 Å². The van der Waals surface area contributed by atoms with Gasteiger partial charge in [-0.1, -0.05) is 6.08 Å². The van der Waals surface area contributed by atoms with Gasteiger partial charge in [0.2, 0.25) is 0 Å². The van der Waals surface area contributed by atoms with E-state index in [0.29, 0.717) is 12.7 Å². The van der Waals surface area contributed by atoms with Crippen LogP contribution in [-0.4, -0.2) is 43.9 Å². The van der Waals surface area contributed by atoms with Gasteiger partial charge in [-0.3, -0.25) is 4.90 Å². The summed E-state index contributed by atoms with van der Waals surface area (Å²) in [5.41, 5.74) is 1.60. The Morgan fingerprint density at radius 3 is 3.33 bits per heavy atom. The van der Waals surface area contributed by atoms with Gasteiger partial charge in [0.05, 0.1) is 19.3 Å². The molecule has 1 aromatic rings. The van der Waals surface area contributed by atoms with Gasteiger partial charge in [-0.05, 0) is 41.7 Å². The van der Waals surface area contributed by atoms with Gasteiger partial charge < -0.3 is 9.47 Å². The fourth-order valence-corrected chi connectivity index (χ4v) is 4.37. The molecular formula is C17H25NO2S. The third kappa shape index (κ3) is 3.57. The molecule has 0 aliphatic carbocycles. The van der Waals surface area contributed by atoms with Crippen LogP contribution < -0.4 is 0 Å². The van der Waals surface area contributed by atoms with Gasteiger partial charge in [0.1, 0.15) is 0 Å². The second kappa shape index (κ2) is 7.05. The lowest BCUT2D eigenvalue weighted by atomic mass is 9.73. The van der Waals surface area contributed by atoms with Gasteiger partial charge in [-0.15, -0.1) is 6.58 Å². The third-order valence-electron chi connectivity index (χ3n) is 4.68. The van der Waals surface area contributed by atoms with Crippen molar-refractivity contribution in [1.29, 1.82) is 0 Å². The summed E-state index contributed by atoms with van der Waals surface area (Å²) >= 11 is 1.78. The van der Waals surface area contributed by atoms with E-state index in [0.717, 1.165) is 45.7 Å². The van der Waals surface area contributed by atoms with Crippen molar-refractivity contribution < 1.29 is 9.47 Å². The summed E-state index contributed by atoms with van der Waals surface area (Å²) < 4.78 is 11.9. The van der Waals surface area contributed by atoms with Crippen LogP contribution in [0.1, 0.15) is 24.8 Å². The van der Waals surface area contributed by atoms with Gasteiger partial charge in [-0.2, -0.15) is 11.3 Å². The Morgan fingerprint density at radius 2 is 2.52 bits per heavy atom. The summed E-state index contributed by atoms with van der Waals surface area (Å²) in [6.45, 7) is 9.36. The van der Waals surface area contributed by atoms with Crippen molar-refractivity contribution in [2.24, 2.45) is 5.41 Å². The van der Waals surface area contributed by atoms with Crippen molar-refractivity contribution in [2.75, 3.05) is 32.9 Å². The highest BCUT2D eigenvalue weighted by molar-refractivity contribution is 7.07. The minimum Gasteiger partial charge on any atom is -0.377 e. The van der Waals surface area contributed by atoms with Crippen molar-refractivity contribution >= 4 is 11.3 Å². The molecule has 0 amide bonds. The lowest BCUT2D eigenvalue weighted by Gasteiger charge is -2.50. The molecule has 0 saturated carbocycles. The lowest BCUT2D eigenvalue weighted by Crippen LogP contribution is -2.56. The van der Waals surface area contributed by atoms with Gasteiger partial charge in [0.25, 0.3) is 0 Å². The average molecular weight is 307 g/mol. The molecule has 2 aliphatic rings. The number of fused-ring (bicyclic) bond motifs is 1. The van der Waals surface area contributed by atoms with Crippen molar-refractivity contribution in [3.8, 4) is 0 Å². The summed E-state index contributed by atoms with van der Waals surface area (Å²) in [5.74, 6) is 0. The first kappa shape index (κ1) is 15.2. The molecule has 3 heterocycles. The average Bonchev–Trinajstić information content (AvgIpc) is 3.00. The largest absolute Gasteiger partial charge is 0.377 e. The number of thiophene rings is 1. The summed E-state index contributed by atoms with van der Waals surface area (Å²) in [5, 5.41) is 4.42. The molecule has 0 unspecified atom stereocenters. The molecule has 1 aromatic heterocycles. The highest BCUT2D eigenvalue weighted by atomic mass is 32.1. The number of hydrogen-bond donors (Lipinski definition) is 0. The minimum absolute atomic E-state index is 0.176. The van der Waals surface area contributed by atoms with Crippen molar-refractivity contribution in [3.63, 3.8) is 0 Å². The van der Waals surface area contributed by atoms with E-state index in [1.54, 1.807) is 11.3 Å². The second-order valence-electron chi connectivity index (χ2n) is 6.26. The minimum atomic E-state index is 0.176. The first-order valence-corrected chi connectivity index (χ1v) is 8.80. The molecule has 4 heteroatoms. The van der Waals surface area contributed by atoms with Gasteiger partial charge in [0, 0.05) is 31.7 Å². The predicted octanol–water partition coefficient (Wildman–Crippen LogP) is 3.32. The van der Waals surface area contributed by atoms with Crippen LogP contribution in [0.15, 0.2) is 29.5 Å². The summed E-state index contributed by atoms with van der Waals surface area (Å²) in [7, 11) is 0. The number of piperidine rings is 1. The fourth-order valence-electron chi connectivity index (χ4n) is 3.71. The maximum atomic E-state index is 6.07. The van der Waals surface area contributed by atoms with E-state index < -0.39 is 0 Å². The number of nitrogens with zero attached hydrogens (tertiary/aromatic N) is 1. The van der Waals surface area contributed by atoms with E-state index in [-0.39, 0.29) is 5.41 Å². The highest BCUT2D eigenvalue weighted by Crippen LogP contribution is 2.40. The first-order valence-electron chi connectivity index (χ1n) is 7.86. The van der Waals surface area contributed by atoms with Crippen LogP contribution in [0, 0.1) is 5.41 Å². The van der Waals surface area contributed by atoms with E-state index in [9.17, 15) is 0 Å².